The van der Waals surface area contributed by atoms with Crippen LogP contribution in [-0.4, -0.2) is 31.8 Å². The van der Waals surface area contributed by atoms with E-state index in [4.69, 9.17) is 0 Å². The number of amides is 2. The minimum Gasteiger partial charge on any atom is -0.326 e. The van der Waals surface area contributed by atoms with E-state index < -0.39 is 0 Å². The van der Waals surface area contributed by atoms with Gasteiger partial charge in [-0.15, -0.1) is 0 Å². The average molecular weight is 785 g/mol. The van der Waals surface area contributed by atoms with Crippen LogP contribution in [0, 0.1) is 0 Å². The molecule has 0 saturated carbocycles. The van der Waals surface area contributed by atoms with Crippen LogP contribution < -0.4 is 10.6 Å². The van der Waals surface area contributed by atoms with Crippen LogP contribution in [0.15, 0.2) is 165 Å². The first-order chi connectivity index (χ1) is 27.8. The predicted octanol–water partition coefficient (Wildman–Crippen LogP) is 11.7. The summed E-state index contributed by atoms with van der Waals surface area (Å²) < 4.78 is 1.91. The highest BCUT2D eigenvalue weighted by atomic mass is 32.2. The Balaban J connectivity index is 0.000000174. The van der Waals surface area contributed by atoms with E-state index in [2.05, 4.69) is 105 Å². The summed E-state index contributed by atoms with van der Waals surface area (Å²) in [4.78, 5) is 26.9. The monoisotopic (exact) mass is 784 g/mol. The van der Waals surface area contributed by atoms with Gasteiger partial charge in [0.2, 0.25) is 11.8 Å². The lowest BCUT2D eigenvalue weighted by Gasteiger charge is -2.06. The van der Waals surface area contributed by atoms with Gasteiger partial charge in [0, 0.05) is 62.6 Å². The quantitative estimate of drug-likeness (QED) is 0.128. The van der Waals surface area contributed by atoms with Gasteiger partial charge in [-0.25, -0.2) is 0 Å². The number of aromatic nitrogens is 4. The second-order valence-corrected chi connectivity index (χ2v) is 15.4. The van der Waals surface area contributed by atoms with Crippen molar-refractivity contribution in [3.63, 3.8) is 0 Å². The van der Waals surface area contributed by atoms with E-state index in [-0.39, 0.29) is 11.8 Å². The van der Waals surface area contributed by atoms with Crippen molar-refractivity contribution in [2.45, 2.75) is 33.4 Å². The molecule has 57 heavy (non-hydrogen) atoms. The number of H-pyrrole nitrogens is 1. The Morgan fingerprint density at radius 2 is 1.07 bits per heavy atom. The standard InChI is InChI=1S/C24H21N3OS.C23H19N3OS/c1-17(28)25-19-9-6-10-20(15-19)29-21-12-13-22-23(26-27(2)24(22)16-21)14-11-18-7-4-3-5-8-18;1-16(27)24-18-8-5-9-19(14-18)28-20-11-12-21-22(25-26-23(21)15-20)13-10-17-6-3-2-4-7-17/h3-16H,1-2H3,(H,25,28);2-15H,1H3,(H,24,27)(H,25,26)/b14-11+;13-10+. The number of fused-ring (bicyclic) bond motifs is 2. The molecule has 0 atom stereocenters. The fourth-order valence-corrected chi connectivity index (χ4v) is 7.92. The number of aromatic amines is 1. The summed E-state index contributed by atoms with van der Waals surface area (Å²) >= 11 is 3.31. The summed E-state index contributed by atoms with van der Waals surface area (Å²) in [7, 11) is 1.97. The maximum absolute atomic E-state index is 11.3. The van der Waals surface area contributed by atoms with Gasteiger partial charge in [-0.1, -0.05) is 108 Å². The van der Waals surface area contributed by atoms with Crippen LogP contribution in [0.4, 0.5) is 11.4 Å². The molecule has 2 heterocycles. The summed E-state index contributed by atoms with van der Waals surface area (Å²) in [5.74, 6) is -0.142. The van der Waals surface area contributed by atoms with E-state index in [1.807, 2.05) is 103 Å². The smallest absolute Gasteiger partial charge is 0.221 e. The molecule has 0 aliphatic rings. The van der Waals surface area contributed by atoms with Crippen molar-refractivity contribution < 1.29 is 9.59 Å². The Labute approximate surface area is 340 Å². The predicted molar refractivity (Wildman–Crippen MR) is 237 cm³/mol. The third kappa shape index (κ3) is 10.6. The van der Waals surface area contributed by atoms with Crippen molar-refractivity contribution in [3.05, 3.63) is 168 Å². The Bertz CT molecular complexity index is 2720. The van der Waals surface area contributed by atoms with E-state index in [0.29, 0.717) is 0 Å². The van der Waals surface area contributed by atoms with Gasteiger partial charge in [0.05, 0.1) is 22.4 Å². The second kappa shape index (κ2) is 18.3. The first-order valence-corrected chi connectivity index (χ1v) is 19.9. The second-order valence-electron chi connectivity index (χ2n) is 13.1. The molecule has 2 aromatic heterocycles. The normalized spacial score (nSPS) is 11.2. The molecule has 2 amide bonds. The maximum atomic E-state index is 11.3. The first-order valence-electron chi connectivity index (χ1n) is 18.3. The fourth-order valence-electron chi connectivity index (χ4n) is 6.09. The van der Waals surface area contributed by atoms with Crippen LogP contribution in [0.1, 0.15) is 36.4 Å². The SMILES string of the molecule is CC(=O)Nc1cccc(Sc2ccc3c(/C=C/c4ccccc4)n[nH]c3c2)c1.CC(=O)Nc1cccc(Sc2ccc3c(/C=C/c4ccccc4)nn(C)c3c2)c1. The highest BCUT2D eigenvalue weighted by Crippen LogP contribution is 2.34. The van der Waals surface area contributed by atoms with Crippen molar-refractivity contribution >= 4 is 92.8 Å². The number of rotatable bonds is 10. The van der Waals surface area contributed by atoms with Crippen molar-refractivity contribution in [2.75, 3.05) is 10.6 Å². The van der Waals surface area contributed by atoms with Crippen molar-refractivity contribution in [3.8, 4) is 0 Å². The molecule has 0 aliphatic heterocycles. The summed E-state index contributed by atoms with van der Waals surface area (Å²) in [5.41, 5.74) is 7.85. The van der Waals surface area contributed by atoms with Crippen LogP contribution in [-0.2, 0) is 16.6 Å². The topological polar surface area (TPSA) is 105 Å². The van der Waals surface area contributed by atoms with E-state index in [1.54, 1.807) is 23.5 Å². The summed E-state index contributed by atoms with van der Waals surface area (Å²) in [6, 6.07) is 48.7. The molecule has 0 fully saturated rings. The highest BCUT2D eigenvalue weighted by molar-refractivity contribution is 7.99. The molecule has 8 rings (SSSR count). The lowest BCUT2D eigenvalue weighted by atomic mass is 10.1. The van der Waals surface area contributed by atoms with Gasteiger partial charge in [0.1, 0.15) is 0 Å². The number of nitrogens with one attached hydrogen (secondary N) is 3. The average Bonchev–Trinajstić information content (AvgIpc) is 3.76. The third-order valence-electron chi connectivity index (χ3n) is 8.66. The summed E-state index contributed by atoms with van der Waals surface area (Å²) in [5, 5.41) is 20.1. The Morgan fingerprint density at radius 3 is 1.63 bits per heavy atom. The molecule has 0 spiro atoms. The Kier molecular flexibility index (Phi) is 12.4. The van der Waals surface area contributed by atoms with E-state index >= 15 is 0 Å². The molecule has 0 saturated heterocycles. The highest BCUT2D eigenvalue weighted by Gasteiger charge is 2.09. The summed E-state index contributed by atoms with van der Waals surface area (Å²) in [6.45, 7) is 3.02. The maximum Gasteiger partial charge on any atom is 0.221 e. The van der Waals surface area contributed by atoms with Gasteiger partial charge in [0.25, 0.3) is 0 Å². The zero-order chi connectivity index (χ0) is 39.6. The van der Waals surface area contributed by atoms with E-state index in [9.17, 15) is 9.59 Å². The Morgan fingerprint density at radius 1 is 0.561 bits per heavy atom. The number of hydrogen-bond donors (Lipinski definition) is 3. The lowest BCUT2D eigenvalue weighted by Crippen LogP contribution is -2.05. The number of anilines is 2. The van der Waals surface area contributed by atoms with Gasteiger partial charge >= 0.3 is 0 Å². The molecule has 0 unspecified atom stereocenters. The van der Waals surface area contributed by atoms with Crippen LogP contribution >= 0.6 is 23.5 Å². The third-order valence-corrected chi connectivity index (χ3v) is 10.6. The minimum absolute atomic E-state index is 0.0699. The number of carbonyl (C=O) groups is 2. The van der Waals surface area contributed by atoms with Crippen molar-refractivity contribution in [1.82, 2.24) is 20.0 Å². The Hall–Kier alpha value is -6.62. The van der Waals surface area contributed by atoms with Gasteiger partial charge in [-0.3, -0.25) is 19.4 Å². The molecule has 8 nitrogen and oxygen atoms in total. The molecule has 10 heteroatoms. The van der Waals surface area contributed by atoms with Crippen molar-refractivity contribution in [2.24, 2.45) is 7.05 Å². The van der Waals surface area contributed by atoms with Crippen LogP contribution in [0.5, 0.6) is 0 Å². The van der Waals surface area contributed by atoms with Gasteiger partial charge in [-0.05, 0) is 96.1 Å². The van der Waals surface area contributed by atoms with Gasteiger partial charge in [0.15, 0.2) is 0 Å². The molecule has 0 aliphatic carbocycles. The minimum atomic E-state index is -0.0721. The molecule has 6 aromatic carbocycles. The molecular weight excluding hydrogens is 745 g/mol. The molecule has 8 aromatic rings. The van der Waals surface area contributed by atoms with Crippen LogP contribution in [0.2, 0.25) is 0 Å². The van der Waals surface area contributed by atoms with Gasteiger partial charge in [-0.2, -0.15) is 10.2 Å². The fraction of sp³-hybridized carbons (Fsp3) is 0.0638. The van der Waals surface area contributed by atoms with Crippen LogP contribution in [0.25, 0.3) is 46.1 Å². The largest absolute Gasteiger partial charge is 0.326 e. The summed E-state index contributed by atoms with van der Waals surface area (Å²) in [6.07, 6.45) is 8.23. The number of nitrogens with zero attached hydrogens (tertiary/aromatic N) is 3. The zero-order valence-electron chi connectivity index (χ0n) is 31.6. The number of benzene rings is 6. The van der Waals surface area contributed by atoms with E-state index in [1.165, 1.54) is 13.8 Å². The van der Waals surface area contributed by atoms with Gasteiger partial charge < -0.3 is 10.6 Å². The lowest BCUT2D eigenvalue weighted by molar-refractivity contribution is -0.115. The molecule has 3 N–H and O–H groups in total. The number of hydrogen-bond acceptors (Lipinski definition) is 6. The van der Waals surface area contributed by atoms with Crippen LogP contribution in [0.3, 0.4) is 0 Å². The molecular formula is C47H40N6O2S2. The molecule has 282 valence electrons. The van der Waals surface area contributed by atoms with E-state index in [0.717, 1.165) is 75.3 Å². The molecule has 0 radical (unpaired) electrons. The number of aryl methyl sites for hydroxylation is 1. The molecule has 0 bridgehead atoms. The van der Waals surface area contributed by atoms with Crippen molar-refractivity contribution in [1.29, 1.82) is 0 Å². The zero-order valence-corrected chi connectivity index (χ0v) is 33.3. The number of carbonyl (C=O) groups excluding carboxylic acids is 2. The first kappa shape index (κ1) is 38.6.